The molecule has 0 atom stereocenters. The second kappa shape index (κ2) is 7.51. The minimum absolute atomic E-state index is 0.0349. The van der Waals surface area contributed by atoms with E-state index in [1.54, 1.807) is 6.92 Å². The number of ether oxygens (including phenoxy) is 1. The zero-order valence-corrected chi connectivity index (χ0v) is 13.9. The van der Waals surface area contributed by atoms with Crippen LogP contribution in [0.1, 0.15) is 34.2 Å². The Morgan fingerprint density at radius 3 is 2.58 bits per heavy atom. The van der Waals surface area contributed by atoms with Gasteiger partial charge in [-0.05, 0) is 32.0 Å². The molecule has 0 aliphatic heterocycles. The lowest BCUT2D eigenvalue weighted by molar-refractivity contribution is -0.138. The first-order valence-corrected chi connectivity index (χ1v) is 7.57. The van der Waals surface area contributed by atoms with E-state index in [1.807, 2.05) is 0 Å². The highest BCUT2D eigenvalue weighted by atomic mass is 19.4. The van der Waals surface area contributed by atoms with Gasteiger partial charge in [-0.15, -0.1) is 0 Å². The zero-order chi connectivity index (χ0) is 19.5. The Balaban J connectivity index is 2.39. The molecule has 140 valence electrons. The Kier molecular flexibility index (Phi) is 5.59. The highest BCUT2D eigenvalue weighted by Gasteiger charge is 2.31. The maximum absolute atomic E-state index is 12.9. The van der Waals surface area contributed by atoms with E-state index >= 15 is 0 Å². The van der Waals surface area contributed by atoms with Crippen molar-refractivity contribution in [3.05, 3.63) is 46.9 Å². The number of aliphatic carboxylic acids is 1. The molecule has 0 unspecified atom stereocenters. The van der Waals surface area contributed by atoms with Crippen molar-refractivity contribution in [3.8, 4) is 5.75 Å². The van der Waals surface area contributed by atoms with Crippen LogP contribution in [-0.2, 0) is 17.4 Å². The third-order valence-electron chi connectivity index (χ3n) is 3.44. The van der Waals surface area contributed by atoms with E-state index in [0.717, 1.165) is 18.2 Å². The monoisotopic (exact) mass is 371 g/mol. The average molecular weight is 371 g/mol. The van der Waals surface area contributed by atoms with E-state index < -0.39 is 30.0 Å². The Morgan fingerprint density at radius 2 is 2.00 bits per heavy atom. The van der Waals surface area contributed by atoms with Crippen LogP contribution >= 0.6 is 0 Å². The highest BCUT2D eigenvalue weighted by molar-refractivity contribution is 6.07. The molecule has 0 saturated heterocycles. The lowest BCUT2D eigenvalue weighted by atomic mass is 10.1. The second-order valence-corrected chi connectivity index (χ2v) is 5.38. The molecular weight excluding hydrogens is 355 g/mol. The lowest BCUT2D eigenvalue weighted by Gasteiger charge is -2.15. The third-order valence-corrected chi connectivity index (χ3v) is 3.44. The number of hydrogen-bond donors (Lipinski definition) is 2. The van der Waals surface area contributed by atoms with Gasteiger partial charge in [0.1, 0.15) is 17.9 Å². The maximum Gasteiger partial charge on any atom is 0.416 e. The molecule has 1 aromatic heterocycles. The second-order valence-electron chi connectivity index (χ2n) is 5.38. The summed E-state index contributed by atoms with van der Waals surface area (Å²) in [6.45, 7) is 3.36. The topological polar surface area (TPSA) is 88.8 Å². The van der Waals surface area contributed by atoms with Gasteiger partial charge in [0.05, 0.1) is 29.7 Å². The Hall–Kier alpha value is -2.97. The standard InChI is InChI=1S/C17H16F3NO5/c1-3-25-12-5-4-10(17(18,19)20)6-11(12)21-16(24)15-9(2)8-26-13(15)7-14(22)23/h4-6,8H,3,7H2,1-2H3,(H,21,24)(H,22,23). The number of furan rings is 1. The van der Waals surface area contributed by atoms with Crippen molar-refractivity contribution < 1.29 is 37.0 Å². The number of amides is 1. The molecule has 6 nitrogen and oxygen atoms in total. The SMILES string of the molecule is CCOc1ccc(C(F)(F)F)cc1NC(=O)c1c(C)coc1CC(=O)O. The number of rotatable bonds is 6. The van der Waals surface area contributed by atoms with Crippen molar-refractivity contribution in [1.82, 2.24) is 0 Å². The minimum Gasteiger partial charge on any atom is -0.492 e. The van der Waals surface area contributed by atoms with Gasteiger partial charge in [0.2, 0.25) is 0 Å². The Morgan fingerprint density at radius 1 is 1.31 bits per heavy atom. The van der Waals surface area contributed by atoms with Crippen LogP contribution < -0.4 is 10.1 Å². The largest absolute Gasteiger partial charge is 0.492 e. The number of carboxylic acid groups (broad SMARTS) is 1. The molecule has 2 rings (SSSR count). The number of anilines is 1. The van der Waals surface area contributed by atoms with Gasteiger partial charge in [0.15, 0.2) is 0 Å². The van der Waals surface area contributed by atoms with Crippen molar-refractivity contribution >= 4 is 17.6 Å². The van der Waals surface area contributed by atoms with E-state index in [-0.39, 0.29) is 29.4 Å². The first kappa shape index (κ1) is 19.4. The number of halogens is 3. The fourth-order valence-electron chi connectivity index (χ4n) is 2.34. The fourth-order valence-corrected chi connectivity index (χ4v) is 2.34. The summed E-state index contributed by atoms with van der Waals surface area (Å²) in [5.74, 6) is -2.01. The summed E-state index contributed by atoms with van der Waals surface area (Å²) in [7, 11) is 0. The minimum atomic E-state index is -4.59. The molecule has 0 spiro atoms. The molecular formula is C17H16F3NO5. The van der Waals surface area contributed by atoms with Crippen LogP contribution in [0.5, 0.6) is 5.75 Å². The molecule has 1 heterocycles. The van der Waals surface area contributed by atoms with Crippen molar-refractivity contribution in [2.75, 3.05) is 11.9 Å². The molecule has 1 amide bonds. The van der Waals surface area contributed by atoms with Gasteiger partial charge in [-0.1, -0.05) is 0 Å². The van der Waals surface area contributed by atoms with Gasteiger partial charge in [0.25, 0.3) is 5.91 Å². The quantitative estimate of drug-likeness (QED) is 0.804. The first-order chi connectivity index (χ1) is 12.1. The van der Waals surface area contributed by atoms with Crippen LogP contribution in [0, 0.1) is 6.92 Å². The highest BCUT2D eigenvalue weighted by Crippen LogP contribution is 2.35. The number of nitrogens with one attached hydrogen (secondary N) is 1. The van der Waals surface area contributed by atoms with Crippen LogP contribution in [0.15, 0.2) is 28.9 Å². The predicted octanol–water partition coefficient (Wildman–Crippen LogP) is 3.88. The van der Waals surface area contributed by atoms with Crippen molar-refractivity contribution in [1.29, 1.82) is 0 Å². The van der Waals surface area contributed by atoms with Gasteiger partial charge < -0.3 is 19.6 Å². The summed E-state index contributed by atoms with van der Waals surface area (Å²) in [5.41, 5.74) is -0.796. The van der Waals surface area contributed by atoms with E-state index in [0.29, 0.717) is 5.56 Å². The van der Waals surface area contributed by atoms with E-state index in [2.05, 4.69) is 5.32 Å². The number of hydrogen-bond acceptors (Lipinski definition) is 4. The number of benzene rings is 1. The summed E-state index contributed by atoms with van der Waals surface area (Å²) in [5, 5.41) is 11.2. The van der Waals surface area contributed by atoms with Crippen molar-refractivity contribution in [2.45, 2.75) is 26.4 Å². The fraction of sp³-hybridized carbons (Fsp3) is 0.294. The number of alkyl halides is 3. The van der Waals surface area contributed by atoms with E-state index in [1.165, 1.54) is 13.2 Å². The molecule has 0 fully saturated rings. The molecule has 1 aromatic carbocycles. The Bertz CT molecular complexity index is 826. The number of carbonyl (C=O) groups excluding carboxylic acids is 1. The van der Waals surface area contributed by atoms with Gasteiger partial charge in [-0.2, -0.15) is 13.2 Å². The van der Waals surface area contributed by atoms with Gasteiger partial charge in [-0.25, -0.2) is 0 Å². The number of aryl methyl sites for hydroxylation is 1. The smallest absolute Gasteiger partial charge is 0.416 e. The molecule has 0 aliphatic rings. The summed E-state index contributed by atoms with van der Waals surface area (Å²) >= 11 is 0. The summed E-state index contributed by atoms with van der Waals surface area (Å²) in [6.07, 6.45) is -3.91. The summed E-state index contributed by atoms with van der Waals surface area (Å²) in [4.78, 5) is 23.4. The summed E-state index contributed by atoms with van der Waals surface area (Å²) in [6, 6.07) is 2.72. The molecule has 2 N–H and O–H groups in total. The number of carboxylic acids is 1. The van der Waals surface area contributed by atoms with Crippen LogP contribution in [-0.4, -0.2) is 23.6 Å². The third kappa shape index (κ3) is 4.35. The van der Waals surface area contributed by atoms with Crippen LogP contribution in [0.4, 0.5) is 18.9 Å². The molecule has 0 bridgehead atoms. The zero-order valence-electron chi connectivity index (χ0n) is 13.9. The lowest BCUT2D eigenvalue weighted by Crippen LogP contribution is -2.17. The van der Waals surface area contributed by atoms with Gasteiger partial charge in [0, 0.05) is 5.56 Å². The van der Waals surface area contributed by atoms with Crippen molar-refractivity contribution in [2.24, 2.45) is 0 Å². The summed E-state index contributed by atoms with van der Waals surface area (Å²) < 4.78 is 49.1. The molecule has 9 heteroatoms. The predicted molar refractivity (Wildman–Crippen MR) is 85.4 cm³/mol. The molecule has 0 radical (unpaired) electrons. The van der Waals surface area contributed by atoms with E-state index in [9.17, 15) is 22.8 Å². The molecule has 2 aromatic rings. The van der Waals surface area contributed by atoms with Gasteiger partial charge in [-0.3, -0.25) is 9.59 Å². The van der Waals surface area contributed by atoms with Gasteiger partial charge >= 0.3 is 12.1 Å². The van der Waals surface area contributed by atoms with Crippen LogP contribution in [0.25, 0.3) is 0 Å². The first-order valence-electron chi connectivity index (χ1n) is 7.57. The Labute approximate surface area is 146 Å². The maximum atomic E-state index is 12.9. The molecule has 26 heavy (non-hydrogen) atoms. The normalized spacial score (nSPS) is 11.3. The number of carbonyl (C=O) groups is 2. The van der Waals surface area contributed by atoms with Crippen LogP contribution in [0.2, 0.25) is 0 Å². The molecule has 0 aliphatic carbocycles. The molecule has 0 saturated carbocycles. The average Bonchev–Trinajstić information content (AvgIpc) is 2.88. The van der Waals surface area contributed by atoms with E-state index in [4.69, 9.17) is 14.3 Å². The van der Waals surface area contributed by atoms with Crippen LogP contribution in [0.3, 0.4) is 0 Å². The van der Waals surface area contributed by atoms with Crippen molar-refractivity contribution in [3.63, 3.8) is 0 Å².